The number of thioether (sulfide) groups is 1. The number of benzene rings is 2. The topological polar surface area (TPSA) is 59.8 Å². The van der Waals surface area contributed by atoms with Crippen molar-refractivity contribution < 1.29 is 4.79 Å². The van der Waals surface area contributed by atoms with E-state index in [4.69, 9.17) is 0 Å². The van der Waals surface area contributed by atoms with Gasteiger partial charge in [-0.05, 0) is 31.4 Å². The minimum absolute atomic E-state index is 0.0284. The van der Waals surface area contributed by atoms with E-state index >= 15 is 0 Å². The molecule has 0 spiro atoms. The van der Waals surface area contributed by atoms with Crippen LogP contribution in [0.4, 0.5) is 5.69 Å². The first-order chi connectivity index (χ1) is 13.7. The molecule has 4 rings (SSSR count). The Morgan fingerprint density at radius 2 is 1.82 bits per heavy atom. The summed E-state index contributed by atoms with van der Waals surface area (Å²) in [5, 5.41) is 12.3. The lowest BCUT2D eigenvalue weighted by atomic mass is 10.0. The third kappa shape index (κ3) is 4.12. The van der Waals surface area contributed by atoms with Gasteiger partial charge in [0.2, 0.25) is 5.91 Å². The number of amides is 1. The van der Waals surface area contributed by atoms with Crippen molar-refractivity contribution >= 4 is 23.4 Å². The summed E-state index contributed by atoms with van der Waals surface area (Å²) in [5.74, 6) is 1.02. The van der Waals surface area contributed by atoms with Gasteiger partial charge in [0, 0.05) is 24.2 Å². The number of carbonyl (C=O) groups excluding carboxylic acids is 1. The average Bonchev–Trinajstić information content (AvgIpc) is 2.95. The maximum Gasteiger partial charge on any atom is 0.237 e. The summed E-state index contributed by atoms with van der Waals surface area (Å²) in [4.78, 5) is 12.9. The molecule has 1 N–H and O–H groups in total. The molecule has 0 saturated heterocycles. The molecule has 2 aromatic carbocycles. The summed E-state index contributed by atoms with van der Waals surface area (Å²) >= 11 is 1.48. The number of fused-ring (bicyclic) bond motifs is 1. The van der Waals surface area contributed by atoms with E-state index in [1.54, 1.807) is 0 Å². The van der Waals surface area contributed by atoms with Crippen LogP contribution in [-0.4, -0.2) is 25.9 Å². The molecular formula is C22H24N4OS. The first-order valence-electron chi connectivity index (χ1n) is 9.76. The van der Waals surface area contributed by atoms with E-state index in [9.17, 15) is 4.79 Å². The normalized spacial score (nSPS) is 14.8. The molecule has 5 nitrogen and oxygen atoms in total. The van der Waals surface area contributed by atoms with Crippen molar-refractivity contribution in [2.24, 2.45) is 0 Å². The molecule has 1 aliphatic heterocycles. The largest absolute Gasteiger partial charge is 0.325 e. The highest BCUT2D eigenvalue weighted by Gasteiger charge is 2.21. The second-order valence-electron chi connectivity index (χ2n) is 7.02. The molecule has 0 bridgehead atoms. The van der Waals surface area contributed by atoms with Crippen LogP contribution in [0.2, 0.25) is 0 Å². The summed E-state index contributed by atoms with van der Waals surface area (Å²) in [7, 11) is 0. The number of aromatic nitrogens is 3. The summed E-state index contributed by atoms with van der Waals surface area (Å²) in [5.41, 5.74) is 2.93. The third-order valence-electron chi connectivity index (χ3n) is 5.00. The van der Waals surface area contributed by atoms with Crippen molar-refractivity contribution in [1.29, 1.82) is 0 Å². The number of anilines is 1. The number of hydrogen-bond acceptors (Lipinski definition) is 4. The molecule has 3 aromatic rings. The molecule has 28 heavy (non-hydrogen) atoms. The molecule has 6 heteroatoms. The van der Waals surface area contributed by atoms with Gasteiger partial charge < -0.3 is 9.88 Å². The quantitative estimate of drug-likeness (QED) is 0.634. The summed E-state index contributed by atoms with van der Waals surface area (Å²) in [6, 6.07) is 18.0. The van der Waals surface area contributed by atoms with Crippen LogP contribution >= 0.6 is 11.8 Å². The molecule has 1 aliphatic rings. The molecule has 0 saturated carbocycles. The highest BCUT2D eigenvalue weighted by Crippen LogP contribution is 2.30. The maximum atomic E-state index is 12.9. The summed E-state index contributed by atoms with van der Waals surface area (Å²) in [6.45, 7) is 2.86. The Kier molecular flexibility index (Phi) is 5.76. The second-order valence-corrected chi connectivity index (χ2v) is 8.33. The minimum atomic E-state index is -0.264. The number of aryl methyl sites for hydroxylation is 1. The zero-order chi connectivity index (χ0) is 19.3. The number of rotatable bonds is 5. The van der Waals surface area contributed by atoms with Crippen molar-refractivity contribution in [3.63, 3.8) is 0 Å². The van der Waals surface area contributed by atoms with Gasteiger partial charge in [-0.25, -0.2) is 0 Å². The van der Waals surface area contributed by atoms with E-state index in [-0.39, 0.29) is 11.2 Å². The van der Waals surface area contributed by atoms with Gasteiger partial charge in [0.25, 0.3) is 0 Å². The van der Waals surface area contributed by atoms with Gasteiger partial charge in [0.15, 0.2) is 5.16 Å². The second kappa shape index (κ2) is 8.61. The Labute approximate surface area is 169 Å². The monoisotopic (exact) mass is 392 g/mol. The lowest BCUT2D eigenvalue weighted by molar-refractivity contribution is -0.115. The Morgan fingerprint density at radius 1 is 1.04 bits per heavy atom. The van der Waals surface area contributed by atoms with Gasteiger partial charge in [-0.2, -0.15) is 0 Å². The van der Waals surface area contributed by atoms with Crippen molar-refractivity contribution in [1.82, 2.24) is 14.8 Å². The van der Waals surface area contributed by atoms with Crippen LogP contribution in [-0.2, 0) is 17.8 Å². The fourth-order valence-electron chi connectivity index (χ4n) is 3.45. The number of hydrogen-bond donors (Lipinski definition) is 1. The van der Waals surface area contributed by atoms with Crippen molar-refractivity contribution in [2.75, 3.05) is 5.32 Å². The molecule has 0 fully saturated rings. The first-order valence-corrected chi connectivity index (χ1v) is 10.6. The van der Waals surface area contributed by atoms with Gasteiger partial charge in [-0.1, -0.05) is 66.7 Å². The summed E-state index contributed by atoms with van der Waals surface area (Å²) < 4.78 is 2.18. The van der Waals surface area contributed by atoms with Crippen LogP contribution in [0.3, 0.4) is 0 Å². The first kappa shape index (κ1) is 18.7. The van der Waals surface area contributed by atoms with Gasteiger partial charge in [0.05, 0.1) is 5.25 Å². The zero-order valence-corrected chi connectivity index (χ0v) is 16.8. The standard InChI is InChI=1S/C22H24N4OS/c1-16(28-22-25-24-20-14-6-3-9-15-26(20)22)21(27)23-19-13-8-7-12-18(19)17-10-4-2-5-11-17/h2,4-5,7-8,10-13,16H,3,6,9,14-15H2,1H3,(H,23,27)/t16-/m1/s1. The van der Waals surface area contributed by atoms with Crippen LogP contribution in [0.25, 0.3) is 11.1 Å². The predicted molar refractivity (Wildman–Crippen MR) is 113 cm³/mol. The molecule has 2 heterocycles. The van der Waals surface area contributed by atoms with Gasteiger partial charge in [0.1, 0.15) is 5.82 Å². The molecule has 0 radical (unpaired) electrons. The molecule has 144 valence electrons. The third-order valence-corrected chi connectivity index (χ3v) is 6.08. The van der Waals surface area contributed by atoms with E-state index in [1.165, 1.54) is 18.2 Å². The molecule has 0 unspecified atom stereocenters. The van der Waals surface area contributed by atoms with Crippen molar-refractivity contribution in [3.8, 4) is 11.1 Å². The van der Waals surface area contributed by atoms with E-state index in [0.29, 0.717) is 0 Å². The van der Waals surface area contributed by atoms with Gasteiger partial charge in [-0.15, -0.1) is 10.2 Å². The van der Waals surface area contributed by atoms with E-state index in [1.807, 2.05) is 49.4 Å². The van der Waals surface area contributed by atoms with Crippen LogP contribution < -0.4 is 5.32 Å². The Hall–Kier alpha value is -2.60. The molecular weight excluding hydrogens is 368 g/mol. The molecule has 1 aromatic heterocycles. The van der Waals surface area contributed by atoms with Crippen LogP contribution in [0, 0.1) is 0 Å². The fourth-order valence-corrected chi connectivity index (χ4v) is 4.35. The zero-order valence-electron chi connectivity index (χ0n) is 16.0. The molecule has 1 atom stereocenters. The number of para-hydroxylation sites is 1. The van der Waals surface area contributed by atoms with Crippen LogP contribution in [0.5, 0.6) is 0 Å². The highest BCUT2D eigenvalue weighted by atomic mass is 32.2. The fraction of sp³-hybridized carbons (Fsp3) is 0.318. The van der Waals surface area contributed by atoms with Crippen LogP contribution in [0.15, 0.2) is 59.8 Å². The number of carbonyl (C=O) groups is 1. The van der Waals surface area contributed by atoms with E-state index in [0.717, 1.165) is 53.6 Å². The van der Waals surface area contributed by atoms with E-state index in [2.05, 4.69) is 32.2 Å². The van der Waals surface area contributed by atoms with E-state index < -0.39 is 0 Å². The SMILES string of the molecule is C[C@@H](Sc1nnc2n1CCCCC2)C(=O)Nc1ccccc1-c1ccccc1. The van der Waals surface area contributed by atoms with Crippen LogP contribution in [0.1, 0.15) is 32.0 Å². The minimum Gasteiger partial charge on any atom is -0.325 e. The maximum absolute atomic E-state index is 12.9. The Balaban J connectivity index is 1.48. The number of nitrogens with one attached hydrogen (secondary N) is 1. The summed E-state index contributed by atoms with van der Waals surface area (Å²) in [6.07, 6.45) is 4.50. The van der Waals surface area contributed by atoms with Gasteiger partial charge in [-0.3, -0.25) is 4.79 Å². The van der Waals surface area contributed by atoms with Crippen molar-refractivity contribution in [2.45, 2.75) is 49.6 Å². The number of nitrogens with zero attached hydrogens (tertiary/aromatic N) is 3. The lowest BCUT2D eigenvalue weighted by Crippen LogP contribution is -2.23. The predicted octanol–water partition coefficient (Wildman–Crippen LogP) is 4.79. The Bertz CT molecular complexity index is 954. The molecule has 0 aliphatic carbocycles. The molecule has 1 amide bonds. The Morgan fingerprint density at radius 3 is 2.68 bits per heavy atom. The highest BCUT2D eigenvalue weighted by molar-refractivity contribution is 8.00. The average molecular weight is 393 g/mol. The van der Waals surface area contributed by atoms with Crippen molar-refractivity contribution in [3.05, 3.63) is 60.4 Å². The lowest BCUT2D eigenvalue weighted by Gasteiger charge is -2.15. The smallest absolute Gasteiger partial charge is 0.237 e. The van der Waals surface area contributed by atoms with Gasteiger partial charge >= 0.3 is 0 Å².